The van der Waals surface area contributed by atoms with Gasteiger partial charge in [-0.3, -0.25) is 0 Å². The summed E-state index contributed by atoms with van der Waals surface area (Å²) in [5, 5.41) is 3.44. The monoisotopic (exact) mass is 211 g/mol. The predicted octanol–water partition coefficient (Wildman–Crippen LogP) is 2.23. The molecule has 0 amide bonds. The van der Waals surface area contributed by atoms with E-state index in [4.69, 9.17) is 9.15 Å². The van der Waals surface area contributed by atoms with E-state index in [1.807, 2.05) is 12.1 Å². The summed E-state index contributed by atoms with van der Waals surface area (Å²) in [6.07, 6.45) is 3.85. The van der Waals surface area contributed by atoms with Crippen molar-refractivity contribution in [2.75, 3.05) is 13.7 Å². The van der Waals surface area contributed by atoms with Crippen LogP contribution in [0, 0.1) is 0 Å². The van der Waals surface area contributed by atoms with Crippen molar-refractivity contribution in [3.05, 3.63) is 24.2 Å². The van der Waals surface area contributed by atoms with E-state index < -0.39 is 0 Å². The Hall–Kier alpha value is -0.800. The van der Waals surface area contributed by atoms with Crippen molar-refractivity contribution in [2.24, 2.45) is 0 Å². The summed E-state index contributed by atoms with van der Waals surface area (Å²) in [4.78, 5) is 0. The fourth-order valence-electron chi connectivity index (χ4n) is 1.86. The molecule has 2 unspecified atom stereocenters. The molecule has 0 aliphatic carbocycles. The maximum absolute atomic E-state index is 5.46. The van der Waals surface area contributed by atoms with Gasteiger partial charge in [0.2, 0.25) is 0 Å². The maximum Gasteiger partial charge on any atom is 0.105 e. The highest BCUT2D eigenvalue weighted by molar-refractivity contribution is 5.01. The van der Waals surface area contributed by atoms with Crippen LogP contribution in [0.15, 0.2) is 22.8 Å². The van der Waals surface area contributed by atoms with Crippen LogP contribution in [0.3, 0.4) is 0 Å². The molecule has 2 atom stereocenters. The van der Waals surface area contributed by atoms with Crippen LogP contribution in [-0.2, 0) is 11.2 Å². The Morgan fingerprint density at radius 3 is 2.73 bits per heavy atom. The standard InChI is InChI=1S/C12H21NO2/c1-4-12(14-3)11(13-5-2)9-10-7-6-8-15-10/h6-8,11-13H,4-5,9H2,1-3H3. The molecule has 1 aromatic heterocycles. The number of methoxy groups -OCH3 is 1. The lowest BCUT2D eigenvalue weighted by atomic mass is 10.0. The van der Waals surface area contributed by atoms with E-state index in [1.165, 1.54) is 0 Å². The lowest BCUT2D eigenvalue weighted by Gasteiger charge is -2.25. The first kappa shape index (κ1) is 12.3. The van der Waals surface area contributed by atoms with Crippen LogP contribution in [0.1, 0.15) is 26.0 Å². The molecule has 86 valence electrons. The number of rotatable bonds is 7. The van der Waals surface area contributed by atoms with Gasteiger partial charge in [-0.05, 0) is 25.1 Å². The van der Waals surface area contributed by atoms with E-state index in [0.29, 0.717) is 6.04 Å². The van der Waals surface area contributed by atoms with Gasteiger partial charge in [0.1, 0.15) is 5.76 Å². The molecule has 0 bridgehead atoms. The van der Waals surface area contributed by atoms with Gasteiger partial charge in [-0.1, -0.05) is 13.8 Å². The molecule has 0 aliphatic rings. The maximum atomic E-state index is 5.46. The molecule has 0 spiro atoms. The molecular weight excluding hydrogens is 190 g/mol. The minimum absolute atomic E-state index is 0.245. The molecule has 1 rings (SSSR count). The van der Waals surface area contributed by atoms with E-state index in [1.54, 1.807) is 13.4 Å². The summed E-state index contributed by atoms with van der Waals surface area (Å²) >= 11 is 0. The Bertz CT molecular complexity index is 242. The van der Waals surface area contributed by atoms with Crippen LogP contribution in [0.4, 0.5) is 0 Å². The van der Waals surface area contributed by atoms with E-state index >= 15 is 0 Å². The number of hydrogen-bond donors (Lipinski definition) is 1. The highest BCUT2D eigenvalue weighted by Crippen LogP contribution is 2.11. The molecular formula is C12H21NO2. The van der Waals surface area contributed by atoms with Crippen LogP contribution in [0.5, 0.6) is 0 Å². The van der Waals surface area contributed by atoms with Gasteiger partial charge in [-0.25, -0.2) is 0 Å². The van der Waals surface area contributed by atoms with Crippen LogP contribution in [0.2, 0.25) is 0 Å². The Kier molecular flexibility index (Phi) is 5.43. The molecule has 0 aliphatic heterocycles. The number of hydrogen-bond acceptors (Lipinski definition) is 3. The Morgan fingerprint density at radius 2 is 2.27 bits per heavy atom. The average Bonchev–Trinajstić information content (AvgIpc) is 2.72. The molecule has 15 heavy (non-hydrogen) atoms. The number of ether oxygens (including phenoxy) is 1. The minimum Gasteiger partial charge on any atom is -0.469 e. The average molecular weight is 211 g/mol. The molecule has 1 heterocycles. The molecule has 3 nitrogen and oxygen atoms in total. The Balaban J connectivity index is 2.56. The van der Waals surface area contributed by atoms with Crippen molar-refractivity contribution in [1.29, 1.82) is 0 Å². The minimum atomic E-state index is 0.245. The fourth-order valence-corrected chi connectivity index (χ4v) is 1.86. The van der Waals surface area contributed by atoms with Gasteiger partial charge < -0.3 is 14.5 Å². The van der Waals surface area contributed by atoms with Gasteiger partial charge in [0.05, 0.1) is 12.4 Å². The highest BCUT2D eigenvalue weighted by Gasteiger charge is 2.19. The van der Waals surface area contributed by atoms with Crippen LogP contribution in [0.25, 0.3) is 0 Å². The van der Waals surface area contributed by atoms with Crippen LogP contribution in [-0.4, -0.2) is 25.8 Å². The van der Waals surface area contributed by atoms with Crippen molar-refractivity contribution in [2.45, 2.75) is 38.8 Å². The zero-order valence-corrected chi connectivity index (χ0v) is 9.82. The smallest absolute Gasteiger partial charge is 0.105 e. The number of likely N-dealkylation sites (N-methyl/N-ethyl adjacent to an activating group) is 1. The van der Waals surface area contributed by atoms with E-state index in [9.17, 15) is 0 Å². The Morgan fingerprint density at radius 1 is 1.47 bits per heavy atom. The van der Waals surface area contributed by atoms with Gasteiger partial charge in [0.15, 0.2) is 0 Å². The van der Waals surface area contributed by atoms with Crippen molar-refractivity contribution >= 4 is 0 Å². The van der Waals surface area contributed by atoms with Gasteiger partial charge >= 0.3 is 0 Å². The molecule has 0 fully saturated rings. The lowest BCUT2D eigenvalue weighted by Crippen LogP contribution is -2.42. The zero-order chi connectivity index (χ0) is 11.1. The second-order valence-corrected chi connectivity index (χ2v) is 3.63. The highest BCUT2D eigenvalue weighted by atomic mass is 16.5. The number of nitrogens with one attached hydrogen (secondary N) is 1. The molecule has 3 heteroatoms. The largest absolute Gasteiger partial charge is 0.469 e. The second-order valence-electron chi connectivity index (χ2n) is 3.63. The predicted molar refractivity (Wildman–Crippen MR) is 61.0 cm³/mol. The third kappa shape index (κ3) is 3.68. The summed E-state index contributed by atoms with van der Waals surface area (Å²) in [7, 11) is 1.76. The first-order valence-corrected chi connectivity index (χ1v) is 5.60. The molecule has 0 saturated carbocycles. The van der Waals surface area contributed by atoms with Crippen LogP contribution < -0.4 is 5.32 Å². The molecule has 1 N–H and O–H groups in total. The van der Waals surface area contributed by atoms with E-state index in [-0.39, 0.29) is 6.10 Å². The summed E-state index contributed by atoms with van der Waals surface area (Å²) in [5.41, 5.74) is 0. The van der Waals surface area contributed by atoms with Crippen molar-refractivity contribution in [1.82, 2.24) is 5.32 Å². The Labute approximate surface area is 91.8 Å². The first-order valence-electron chi connectivity index (χ1n) is 5.60. The van der Waals surface area contributed by atoms with Gasteiger partial charge in [-0.15, -0.1) is 0 Å². The zero-order valence-electron chi connectivity index (χ0n) is 9.82. The molecule has 0 aromatic carbocycles. The summed E-state index contributed by atoms with van der Waals surface area (Å²) < 4.78 is 10.8. The number of furan rings is 1. The SMILES string of the molecule is CCNC(Cc1ccco1)C(CC)OC. The molecule has 0 saturated heterocycles. The quantitative estimate of drug-likeness (QED) is 0.751. The van der Waals surface area contributed by atoms with Crippen LogP contribution >= 0.6 is 0 Å². The summed E-state index contributed by atoms with van der Waals surface area (Å²) in [6, 6.07) is 4.26. The van der Waals surface area contributed by atoms with Crippen molar-refractivity contribution in [3.63, 3.8) is 0 Å². The van der Waals surface area contributed by atoms with Crippen molar-refractivity contribution in [3.8, 4) is 0 Å². The van der Waals surface area contributed by atoms with E-state index in [0.717, 1.165) is 25.1 Å². The molecule has 0 radical (unpaired) electrons. The topological polar surface area (TPSA) is 34.4 Å². The second kappa shape index (κ2) is 6.64. The van der Waals surface area contributed by atoms with Crippen molar-refractivity contribution < 1.29 is 9.15 Å². The third-order valence-electron chi connectivity index (χ3n) is 2.62. The third-order valence-corrected chi connectivity index (χ3v) is 2.62. The van der Waals surface area contributed by atoms with E-state index in [2.05, 4.69) is 19.2 Å². The first-order chi connectivity index (χ1) is 7.31. The summed E-state index contributed by atoms with van der Waals surface area (Å²) in [5.74, 6) is 1.01. The van der Waals surface area contributed by atoms with Gasteiger partial charge in [-0.2, -0.15) is 0 Å². The fraction of sp³-hybridized carbons (Fsp3) is 0.667. The van der Waals surface area contributed by atoms with Gasteiger partial charge in [0.25, 0.3) is 0 Å². The van der Waals surface area contributed by atoms with Gasteiger partial charge in [0, 0.05) is 19.6 Å². The normalized spacial score (nSPS) is 15.1. The summed E-state index contributed by atoms with van der Waals surface area (Å²) in [6.45, 7) is 5.20. The molecule has 1 aromatic rings. The lowest BCUT2D eigenvalue weighted by molar-refractivity contribution is 0.0642.